The van der Waals surface area contributed by atoms with Gasteiger partial charge in [0.15, 0.2) is 0 Å². The first-order valence-electron chi connectivity index (χ1n) is 5.60. The standard InChI is InChI=1S/C11H24N2O3/c1-9(5-6-15-3)12-7-11(14)13-10(2)8-16-4/h9-10,12H,5-8H2,1-4H3,(H,13,14). The maximum atomic E-state index is 11.4. The smallest absolute Gasteiger partial charge is 0.234 e. The van der Waals surface area contributed by atoms with Crippen molar-refractivity contribution in [1.82, 2.24) is 10.6 Å². The lowest BCUT2D eigenvalue weighted by Gasteiger charge is -2.15. The van der Waals surface area contributed by atoms with Gasteiger partial charge in [-0.2, -0.15) is 0 Å². The van der Waals surface area contributed by atoms with E-state index in [-0.39, 0.29) is 18.0 Å². The molecule has 5 nitrogen and oxygen atoms in total. The average molecular weight is 232 g/mol. The van der Waals surface area contributed by atoms with Crippen molar-refractivity contribution < 1.29 is 14.3 Å². The number of amides is 1. The molecule has 0 aromatic carbocycles. The minimum absolute atomic E-state index is 0.00573. The number of ether oxygens (including phenoxy) is 2. The second-order valence-corrected chi connectivity index (χ2v) is 3.99. The number of carbonyl (C=O) groups is 1. The van der Waals surface area contributed by atoms with Crippen LogP contribution in [0.4, 0.5) is 0 Å². The third-order valence-electron chi connectivity index (χ3n) is 2.19. The molecule has 0 aliphatic rings. The van der Waals surface area contributed by atoms with E-state index in [0.717, 1.165) is 6.42 Å². The van der Waals surface area contributed by atoms with Crippen molar-refractivity contribution in [1.29, 1.82) is 0 Å². The molecule has 0 saturated heterocycles. The molecule has 5 heteroatoms. The molecular formula is C11H24N2O3. The van der Waals surface area contributed by atoms with Crippen molar-refractivity contribution >= 4 is 5.91 Å². The summed E-state index contributed by atoms with van der Waals surface area (Å²) in [5.41, 5.74) is 0. The molecule has 2 atom stereocenters. The van der Waals surface area contributed by atoms with Crippen LogP contribution in [0.15, 0.2) is 0 Å². The molecule has 96 valence electrons. The Morgan fingerprint density at radius 3 is 2.44 bits per heavy atom. The van der Waals surface area contributed by atoms with Crippen molar-refractivity contribution in [2.75, 3.05) is 34.0 Å². The van der Waals surface area contributed by atoms with Gasteiger partial charge in [-0.25, -0.2) is 0 Å². The second kappa shape index (κ2) is 9.57. The van der Waals surface area contributed by atoms with Crippen LogP contribution >= 0.6 is 0 Å². The molecular weight excluding hydrogens is 208 g/mol. The summed E-state index contributed by atoms with van der Waals surface area (Å²) in [4.78, 5) is 11.4. The van der Waals surface area contributed by atoms with Gasteiger partial charge in [-0.1, -0.05) is 0 Å². The van der Waals surface area contributed by atoms with Crippen LogP contribution in [0.2, 0.25) is 0 Å². The first-order chi connectivity index (χ1) is 7.60. The second-order valence-electron chi connectivity index (χ2n) is 3.99. The van der Waals surface area contributed by atoms with Gasteiger partial charge in [-0.15, -0.1) is 0 Å². The largest absolute Gasteiger partial charge is 0.385 e. The zero-order valence-electron chi connectivity index (χ0n) is 10.7. The Bertz CT molecular complexity index is 188. The van der Waals surface area contributed by atoms with Gasteiger partial charge in [0, 0.05) is 32.9 Å². The van der Waals surface area contributed by atoms with Crippen LogP contribution in [0.3, 0.4) is 0 Å². The summed E-state index contributed by atoms with van der Waals surface area (Å²) in [5.74, 6) is -0.00573. The Labute approximate surface area is 97.9 Å². The van der Waals surface area contributed by atoms with Crippen molar-refractivity contribution in [3.63, 3.8) is 0 Å². The van der Waals surface area contributed by atoms with Gasteiger partial charge in [0.25, 0.3) is 0 Å². The van der Waals surface area contributed by atoms with Gasteiger partial charge in [0.2, 0.25) is 5.91 Å². The zero-order chi connectivity index (χ0) is 12.4. The number of methoxy groups -OCH3 is 2. The Morgan fingerprint density at radius 2 is 1.88 bits per heavy atom. The summed E-state index contributed by atoms with van der Waals surface area (Å²) in [5, 5.41) is 5.97. The molecule has 0 spiro atoms. The highest BCUT2D eigenvalue weighted by atomic mass is 16.5. The number of nitrogens with one attached hydrogen (secondary N) is 2. The molecule has 16 heavy (non-hydrogen) atoms. The quantitative estimate of drug-likeness (QED) is 0.594. The average Bonchev–Trinajstić information content (AvgIpc) is 2.23. The molecule has 0 rings (SSSR count). The molecule has 0 fully saturated rings. The van der Waals surface area contributed by atoms with E-state index in [1.807, 2.05) is 13.8 Å². The highest BCUT2D eigenvalue weighted by Crippen LogP contribution is 1.90. The predicted octanol–water partition coefficient (Wildman–Crippen LogP) is 0.152. The molecule has 0 bridgehead atoms. The highest BCUT2D eigenvalue weighted by molar-refractivity contribution is 5.78. The third-order valence-corrected chi connectivity index (χ3v) is 2.19. The summed E-state index contributed by atoms with van der Waals surface area (Å²) in [6.45, 7) is 5.51. The number of hydrogen-bond acceptors (Lipinski definition) is 4. The number of hydrogen-bond donors (Lipinski definition) is 2. The van der Waals surface area contributed by atoms with E-state index < -0.39 is 0 Å². The SMILES string of the molecule is COCCC(C)NCC(=O)NC(C)COC. The van der Waals surface area contributed by atoms with Gasteiger partial charge in [-0.05, 0) is 20.3 Å². The van der Waals surface area contributed by atoms with E-state index in [2.05, 4.69) is 10.6 Å². The third kappa shape index (κ3) is 8.64. The van der Waals surface area contributed by atoms with E-state index in [9.17, 15) is 4.79 Å². The van der Waals surface area contributed by atoms with E-state index in [4.69, 9.17) is 9.47 Å². The van der Waals surface area contributed by atoms with Crippen LogP contribution in [-0.2, 0) is 14.3 Å². The van der Waals surface area contributed by atoms with Crippen LogP contribution in [-0.4, -0.2) is 52.0 Å². The maximum absolute atomic E-state index is 11.4. The molecule has 2 N–H and O–H groups in total. The predicted molar refractivity (Wildman–Crippen MR) is 63.4 cm³/mol. The molecule has 0 radical (unpaired) electrons. The topological polar surface area (TPSA) is 59.6 Å². The maximum Gasteiger partial charge on any atom is 0.234 e. The summed E-state index contributed by atoms with van der Waals surface area (Å²) >= 11 is 0. The van der Waals surface area contributed by atoms with E-state index in [0.29, 0.717) is 19.8 Å². The van der Waals surface area contributed by atoms with Crippen LogP contribution in [0.1, 0.15) is 20.3 Å². The fraction of sp³-hybridized carbons (Fsp3) is 0.909. The van der Waals surface area contributed by atoms with Crippen LogP contribution in [0, 0.1) is 0 Å². The molecule has 0 aliphatic heterocycles. The van der Waals surface area contributed by atoms with Crippen molar-refractivity contribution in [2.45, 2.75) is 32.4 Å². The fourth-order valence-electron chi connectivity index (χ4n) is 1.28. The molecule has 2 unspecified atom stereocenters. The summed E-state index contributed by atoms with van der Waals surface area (Å²) in [7, 11) is 3.29. The van der Waals surface area contributed by atoms with Gasteiger partial charge < -0.3 is 20.1 Å². The Balaban J connectivity index is 3.56. The van der Waals surface area contributed by atoms with Crippen LogP contribution in [0.25, 0.3) is 0 Å². The normalized spacial score (nSPS) is 14.5. The molecule has 1 amide bonds. The van der Waals surface area contributed by atoms with E-state index in [1.165, 1.54) is 0 Å². The van der Waals surface area contributed by atoms with Crippen molar-refractivity contribution in [3.8, 4) is 0 Å². The molecule has 0 aliphatic carbocycles. The van der Waals surface area contributed by atoms with Crippen molar-refractivity contribution in [3.05, 3.63) is 0 Å². The molecule has 0 aromatic rings. The lowest BCUT2D eigenvalue weighted by atomic mass is 10.2. The Hall–Kier alpha value is -0.650. The monoisotopic (exact) mass is 232 g/mol. The van der Waals surface area contributed by atoms with Gasteiger partial charge in [0.05, 0.1) is 13.2 Å². The molecule has 0 heterocycles. The van der Waals surface area contributed by atoms with E-state index >= 15 is 0 Å². The number of rotatable bonds is 9. The lowest BCUT2D eigenvalue weighted by molar-refractivity contribution is -0.121. The summed E-state index contributed by atoms with van der Waals surface area (Å²) in [6, 6.07) is 0.331. The fourth-order valence-corrected chi connectivity index (χ4v) is 1.28. The van der Waals surface area contributed by atoms with E-state index in [1.54, 1.807) is 14.2 Å². The minimum atomic E-state index is -0.00573. The lowest BCUT2D eigenvalue weighted by Crippen LogP contribution is -2.43. The minimum Gasteiger partial charge on any atom is -0.385 e. The first-order valence-corrected chi connectivity index (χ1v) is 5.60. The summed E-state index contributed by atoms with van der Waals surface area (Å²) in [6.07, 6.45) is 0.900. The Kier molecular flexibility index (Phi) is 9.18. The zero-order valence-corrected chi connectivity index (χ0v) is 10.7. The first kappa shape index (κ1) is 15.3. The van der Waals surface area contributed by atoms with Gasteiger partial charge in [0.1, 0.15) is 0 Å². The Morgan fingerprint density at radius 1 is 1.19 bits per heavy atom. The molecule has 0 aromatic heterocycles. The van der Waals surface area contributed by atoms with Gasteiger partial charge >= 0.3 is 0 Å². The molecule has 0 saturated carbocycles. The van der Waals surface area contributed by atoms with Crippen LogP contribution in [0.5, 0.6) is 0 Å². The summed E-state index contributed by atoms with van der Waals surface area (Å²) < 4.78 is 9.89. The van der Waals surface area contributed by atoms with Crippen LogP contribution < -0.4 is 10.6 Å². The highest BCUT2D eigenvalue weighted by Gasteiger charge is 2.08. The van der Waals surface area contributed by atoms with Gasteiger partial charge in [-0.3, -0.25) is 4.79 Å². The number of carbonyl (C=O) groups excluding carboxylic acids is 1. The van der Waals surface area contributed by atoms with Crippen molar-refractivity contribution in [2.24, 2.45) is 0 Å².